The molecule has 1 aliphatic heterocycles. The number of rotatable bonds is 6. The van der Waals surface area contributed by atoms with Crippen LogP contribution in [0.5, 0.6) is 5.75 Å². The fourth-order valence-corrected chi connectivity index (χ4v) is 4.49. The summed E-state index contributed by atoms with van der Waals surface area (Å²) in [6.07, 6.45) is 0.0785. The molecule has 0 saturated carbocycles. The Kier molecular flexibility index (Phi) is 7.12. The molecule has 0 aromatic heterocycles. The molecule has 184 valence electrons. The van der Waals surface area contributed by atoms with Gasteiger partial charge in [-0.3, -0.25) is 19.3 Å². The van der Waals surface area contributed by atoms with Gasteiger partial charge in [0.05, 0.1) is 37.3 Å². The maximum atomic E-state index is 13.3. The molecule has 4 rings (SSSR count). The van der Waals surface area contributed by atoms with E-state index < -0.39 is 17.7 Å². The summed E-state index contributed by atoms with van der Waals surface area (Å²) in [4.78, 5) is 39.6. The number of anilines is 1. The lowest BCUT2D eigenvalue weighted by molar-refractivity contribution is -0.139. The van der Waals surface area contributed by atoms with E-state index in [1.807, 2.05) is 25.1 Å². The number of ether oxygens (including phenoxy) is 2. The van der Waals surface area contributed by atoms with Crippen LogP contribution < -0.4 is 9.64 Å². The van der Waals surface area contributed by atoms with Crippen LogP contribution in [0, 0.1) is 6.92 Å². The Morgan fingerprint density at radius 3 is 2.36 bits per heavy atom. The number of esters is 1. The first-order chi connectivity index (χ1) is 17.2. The second kappa shape index (κ2) is 10.3. The number of benzene rings is 3. The number of carbonyl (C=O) groups excluding carboxylic acids is 3. The molecule has 0 bridgehead atoms. The second-order valence-electron chi connectivity index (χ2n) is 8.35. The van der Waals surface area contributed by atoms with E-state index in [2.05, 4.69) is 0 Å². The summed E-state index contributed by atoms with van der Waals surface area (Å²) in [5, 5.41) is 11.5. The summed E-state index contributed by atoms with van der Waals surface area (Å²) in [6.45, 7) is 1.90. The Morgan fingerprint density at radius 1 is 1.03 bits per heavy atom. The van der Waals surface area contributed by atoms with Crippen LogP contribution >= 0.6 is 11.6 Å². The lowest BCUT2D eigenvalue weighted by Gasteiger charge is -2.26. The fraction of sp³-hybridized carbons (Fsp3) is 0.179. The molecule has 36 heavy (non-hydrogen) atoms. The highest BCUT2D eigenvalue weighted by molar-refractivity contribution is 6.51. The minimum Gasteiger partial charge on any atom is -0.507 e. The molecule has 7 nitrogen and oxygen atoms in total. The number of carbonyl (C=O) groups is 3. The molecule has 0 radical (unpaired) electrons. The van der Waals surface area contributed by atoms with Crippen molar-refractivity contribution in [2.24, 2.45) is 0 Å². The molecule has 3 aromatic rings. The third kappa shape index (κ3) is 4.70. The standard InChI is InChI=1S/C28H24ClNO6/c1-16-5-4-6-18(13-16)25-24(26(32)19-9-12-22(35-2)21(29)15-19)27(33)28(34)30(25)20-10-7-17(8-11-20)14-23(31)36-3/h4-13,15,25,32H,14H2,1-3H3/b26-24-. The zero-order chi connectivity index (χ0) is 26.0. The summed E-state index contributed by atoms with van der Waals surface area (Å²) >= 11 is 6.25. The van der Waals surface area contributed by atoms with Crippen LogP contribution in [-0.2, 0) is 25.5 Å². The number of aliphatic hydroxyl groups excluding tert-OH is 1. The Bertz CT molecular complexity index is 1380. The molecule has 1 N–H and O–H groups in total. The van der Waals surface area contributed by atoms with Crippen LogP contribution in [0.3, 0.4) is 0 Å². The van der Waals surface area contributed by atoms with Gasteiger partial charge in [0.1, 0.15) is 11.5 Å². The first kappa shape index (κ1) is 25.0. The van der Waals surface area contributed by atoms with Crippen LogP contribution in [0.15, 0.2) is 72.3 Å². The SMILES string of the molecule is COC(=O)Cc1ccc(N2C(=O)C(=O)/C(=C(\O)c3ccc(OC)c(Cl)c3)C2c2cccc(C)c2)cc1. The molecule has 1 amide bonds. The van der Waals surface area contributed by atoms with Crippen molar-refractivity contribution in [1.29, 1.82) is 0 Å². The first-order valence-corrected chi connectivity index (χ1v) is 11.5. The average Bonchev–Trinajstić information content (AvgIpc) is 3.14. The minimum atomic E-state index is -0.878. The molecular formula is C28H24ClNO6. The van der Waals surface area contributed by atoms with Crippen molar-refractivity contribution in [3.63, 3.8) is 0 Å². The van der Waals surface area contributed by atoms with E-state index in [1.54, 1.807) is 42.5 Å². The summed E-state index contributed by atoms with van der Waals surface area (Å²) < 4.78 is 9.88. The van der Waals surface area contributed by atoms with Crippen molar-refractivity contribution in [1.82, 2.24) is 0 Å². The van der Waals surface area contributed by atoms with E-state index in [-0.39, 0.29) is 34.3 Å². The monoisotopic (exact) mass is 505 g/mol. The summed E-state index contributed by atoms with van der Waals surface area (Å²) in [5.74, 6) is -1.90. The van der Waals surface area contributed by atoms with Crippen molar-refractivity contribution in [3.05, 3.63) is 99.6 Å². The third-order valence-electron chi connectivity index (χ3n) is 6.02. The van der Waals surface area contributed by atoms with Crippen LogP contribution in [0.1, 0.15) is 28.3 Å². The third-order valence-corrected chi connectivity index (χ3v) is 6.31. The van der Waals surface area contributed by atoms with Crippen molar-refractivity contribution in [2.75, 3.05) is 19.1 Å². The number of nitrogens with zero attached hydrogens (tertiary/aromatic N) is 1. The van der Waals surface area contributed by atoms with Gasteiger partial charge >= 0.3 is 5.97 Å². The van der Waals surface area contributed by atoms with Gasteiger partial charge in [-0.2, -0.15) is 0 Å². The van der Waals surface area contributed by atoms with E-state index in [1.165, 1.54) is 25.2 Å². The van der Waals surface area contributed by atoms with E-state index in [0.29, 0.717) is 22.6 Å². The van der Waals surface area contributed by atoms with E-state index in [4.69, 9.17) is 21.1 Å². The number of amides is 1. The number of methoxy groups -OCH3 is 2. The van der Waals surface area contributed by atoms with Gasteiger partial charge < -0.3 is 14.6 Å². The predicted octanol–water partition coefficient (Wildman–Crippen LogP) is 5.00. The first-order valence-electron chi connectivity index (χ1n) is 11.1. The topological polar surface area (TPSA) is 93.1 Å². The highest BCUT2D eigenvalue weighted by Gasteiger charge is 2.47. The largest absolute Gasteiger partial charge is 0.507 e. The lowest BCUT2D eigenvalue weighted by Crippen LogP contribution is -2.29. The maximum absolute atomic E-state index is 13.3. The van der Waals surface area contributed by atoms with Gasteiger partial charge in [0.15, 0.2) is 0 Å². The van der Waals surface area contributed by atoms with Gasteiger partial charge in [-0.15, -0.1) is 0 Å². The highest BCUT2D eigenvalue weighted by Crippen LogP contribution is 2.43. The Labute approximate surface area is 213 Å². The number of hydrogen-bond acceptors (Lipinski definition) is 6. The van der Waals surface area contributed by atoms with Crippen molar-refractivity contribution in [2.45, 2.75) is 19.4 Å². The Hall–Kier alpha value is -4.10. The van der Waals surface area contributed by atoms with Crippen LogP contribution in [0.2, 0.25) is 5.02 Å². The molecular weight excluding hydrogens is 482 g/mol. The molecule has 1 heterocycles. The van der Waals surface area contributed by atoms with Gasteiger partial charge in [0, 0.05) is 11.3 Å². The highest BCUT2D eigenvalue weighted by atomic mass is 35.5. The van der Waals surface area contributed by atoms with Crippen molar-refractivity contribution in [3.8, 4) is 5.75 Å². The average molecular weight is 506 g/mol. The Balaban J connectivity index is 1.86. The van der Waals surface area contributed by atoms with Gasteiger partial charge in [-0.1, -0.05) is 53.6 Å². The molecule has 8 heteroatoms. The molecule has 3 aromatic carbocycles. The van der Waals surface area contributed by atoms with Gasteiger partial charge in [-0.05, 0) is 48.4 Å². The van der Waals surface area contributed by atoms with Crippen LogP contribution in [0.4, 0.5) is 5.69 Å². The van der Waals surface area contributed by atoms with Gasteiger partial charge in [0.25, 0.3) is 11.7 Å². The number of hydrogen-bond donors (Lipinski definition) is 1. The van der Waals surface area contributed by atoms with E-state index in [0.717, 1.165) is 5.56 Å². The molecule has 1 saturated heterocycles. The second-order valence-corrected chi connectivity index (χ2v) is 8.76. The quantitative estimate of drug-likeness (QED) is 0.219. The number of ketones is 1. The van der Waals surface area contributed by atoms with Crippen LogP contribution in [0.25, 0.3) is 5.76 Å². The molecule has 1 aliphatic rings. The zero-order valence-corrected chi connectivity index (χ0v) is 20.7. The number of aryl methyl sites for hydroxylation is 1. The summed E-state index contributed by atoms with van der Waals surface area (Å²) in [5.41, 5.74) is 2.97. The van der Waals surface area contributed by atoms with E-state index >= 15 is 0 Å². The predicted molar refractivity (Wildman–Crippen MR) is 136 cm³/mol. The molecule has 0 spiro atoms. The van der Waals surface area contributed by atoms with Gasteiger partial charge in [-0.25, -0.2) is 0 Å². The van der Waals surface area contributed by atoms with Crippen LogP contribution in [-0.4, -0.2) is 37.0 Å². The molecule has 1 unspecified atom stereocenters. The van der Waals surface area contributed by atoms with Gasteiger partial charge in [0.2, 0.25) is 0 Å². The van der Waals surface area contributed by atoms with Crippen molar-refractivity contribution < 1.29 is 29.0 Å². The maximum Gasteiger partial charge on any atom is 0.309 e. The normalized spacial score (nSPS) is 16.8. The number of aliphatic hydroxyl groups is 1. The van der Waals surface area contributed by atoms with Crippen molar-refractivity contribution >= 4 is 40.7 Å². The molecule has 1 fully saturated rings. The lowest BCUT2D eigenvalue weighted by atomic mass is 9.94. The zero-order valence-electron chi connectivity index (χ0n) is 19.9. The Morgan fingerprint density at radius 2 is 1.75 bits per heavy atom. The fourth-order valence-electron chi connectivity index (χ4n) is 4.24. The van der Waals surface area contributed by atoms with E-state index in [9.17, 15) is 19.5 Å². The number of Topliss-reactive ketones (excluding diaryl/α,β-unsaturated/α-hetero) is 1. The summed E-state index contributed by atoms with van der Waals surface area (Å²) in [7, 11) is 2.79. The summed E-state index contributed by atoms with van der Waals surface area (Å²) in [6, 6.07) is 17.9. The molecule has 0 aliphatic carbocycles. The molecule has 1 atom stereocenters. The number of halogens is 1. The minimum absolute atomic E-state index is 0.0505. The smallest absolute Gasteiger partial charge is 0.309 e.